The molecular formula is C16H14FN3O2. The molecular weight excluding hydrogens is 285 g/mol. The molecule has 0 bridgehead atoms. The molecule has 5 nitrogen and oxygen atoms in total. The number of anilines is 2. The minimum atomic E-state index is -0.686. The van der Waals surface area contributed by atoms with Gasteiger partial charge in [0.1, 0.15) is 5.82 Å². The molecule has 22 heavy (non-hydrogen) atoms. The van der Waals surface area contributed by atoms with Crippen molar-refractivity contribution in [1.82, 2.24) is 0 Å². The Kier molecular flexibility index (Phi) is 4.87. The zero-order valence-corrected chi connectivity index (χ0v) is 11.5. The number of urea groups is 1. The minimum Gasteiger partial charge on any atom is -0.351 e. The first-order valence-corrected chi connectivity index (χ1v) is 6.44. The summed E-state index contributed by atoms with van der Waals surface area (Å²) in [5.74, 6) is -0.742. The number of primary amides is 1. The van der Waals surface area contributed by atoms with Crippen molar-refractivity contribution in [3.8, 4) is 0 Å². The first kappa shape index (κ1) is 15.2. The van der Waals surface area contributed by atoms with Crippen LogP contribution >= 0.6 is 0 Å². The summed E-state index contributed by atoms with van der Waals surface area (Å²) < 4.78 is 13.0. The van der Waals surface area contributed by atoms with Gasteiger partial charge in [-0.05, 0) is 42.0 Å². The summed E-state index contributed by atoms with van der Waals surface area (Å²) in [6, 6.07) is 11.7. The lowest BCUT2D eigenvalue weighted by molar-refractivity contribution is -0.111. The van der Waals surface area contributed by atoms with E-state index in [4.69, 9.17) is 5.73 Å². The fraction of sp³-hybridized carbons (Fsp3) is 0. The number of amides is 3. The Balaban J connectivity index is 2.01. The number of carbonyl (C=O) groups is 2. The third-order valence-corrected chi connectivity index (χ3v) is 2.67. The molecule has 2 rings (SSSR count). The molecule has 0 unspecified atom stereocenters. The molecule has 0 saturated carbocycles. The SMILES string of the molecule is NC(=O)Nc1cccc(NC(=O)/C=C/c2cccc(F)c2)c1. The third-order valence-electron chi connectivity index (χ3n) is 2.67. The summed E-state index contributed by atoms with van der Waals surface area (Å²) in [4.78, 5) is 22.6. The maximum atomic E-state index is 13.0. The van der Waals surface area contributed by atoms with E-state index in [1.54, 1.807) is 36.4 Å². The van der Waals surface area contributed by atoms with E-state index >= 15 is 0 Å². The number of hydrogen-bond acceptors (Lipinski definition) is 2. The zero-order valence-electron chi connectivity index (χ0n) is 11.5. The molecule has 6 heteroatoms. The molecule has 0 saturated heterocycles. The maximum Gasteiger partial charge on any atom is 0.316 e. The van der Waals surface area contributed by atoms with Crippen molar-refractivity contribution in [2.75, 3.05) is 10.6 Å². The molecule has 0 aromatic heterocycles. The second-order valence-corrected chi connectivity index (χ2v) is 4.45. The molecule has 3 amide bonds. The fourth-order valence-electron chi connectivity index (χ4n) is 1.78. The van der Waals surface area contributed by atoms with Gasteiger partial charge in [-0.15, -0.1) is 0 Å². The smallest absolute Gasteiger partial charge is 0.316 e. The summed E-state index contributed by atoms with van der Waals surface area (Å²) in [7, 11) is 0. The molecule has 0 spiro atoms. The number of rotatable bonds is 4. The van der Waals surface area contributed by atoms with E-state index in [0.717, 1.165) is 0 Å². The van der Waals surface area contributed by atoms with Gasteiger partial charge in [0, 0.05) is 17.5 Å². The van der Waals surface area contributed by atoms with Crippen LogP contribution in [0.4, 0.5) is 20.6 Å². The van der Waals surface area contributed by atoms with Crippen molar-refractivity contribution >= 4 is 29.4 Å². The highest BCUT2D eigenvalue weighted by Gasteiger charge is 2.01. The lowest BCUT2D eigenvalue weighted by atomic mass is 10.2. The highest BCUT2D eigenvalue weighted by atomic mass is 19.1. The molecule has 0 heterocycles. The molecule has 0 radical (unpaired) electrons. The van der Waals surface area contributed by atoms with Gasteiger partial charge < -0.3 is 16.4 Å². The standard InChI is InChI=1S/C16H14FN3O2/c17-12-4-1-3-11(9-12)7-8-15(21)19-13-5-2-6-14(10-13)20-16(18)22/h1-10H,(H,19,21)(H3,18,20,22)/b8-7+. The molecule has 0 aliphatic carbocycles. The predicted octanol–water partition coefficient (Wildman–Crippen LogP) is 2.97. The van der Waals surface area contributed by atoms with E-state index in [0.29, 0.717) is 16.9 Å². The average Bonchev–Trinajstić information content (AvgIpc) is 2.45. The van der Waals surface area contributed by atoms with Crippen molar-refractivity contribution in [3.63, 3.8) is 0 Å². The summed E-state index contributed by atoms with van der Waals surface area (Å²) in [6.45, 7) is 0. The Morgan fingerprint density at radius 2 is 1.68 bits per heavy atom. The van der Waals surface area contributed by atoms with Crippen molar-refractivity contribution in [2.24, 2.45) is 5.73 Å². The van der Waals surface area contributed by atoms with Crippen LogP contribution in [0.2, 0.25) is 0 Å². The minimum absolute atomic E-state index is 0.368. The Morgan fingerprint density at radius 3 is 2.36 bits per heavy atom. The number of carbonyl (C=O) groups excluding carboxylic acids is 2. The van der Waals surface area contributed by atoms with E-state index in [-0.39, 0.29) is 11.7 Å². The molecule has 0 atom stereocenters. The molecule has 0 fully saturated rings. The van der Waals surface area contributed by atoms with E-state index < -0.39 is 6.03 Å². The van der Waals surface area contributed by atoms with E-state index in [9.17, 15) is 14.0 Å². The van der Waals surface area contributed by atoms with Crippen LogP contribution in [0.15, 0.2) is 54.6 Å². The van der Waals surface area contributed by atoms with E-state index in [1.807, 2.05) is 0 Å². The normalized spacial score (nSPS) is 10.4. The number of nitrogens with two attached hydrogens (primary N) is 1. The van der Waals surface area contributed by atoms with Gasteiger partial charge in [0.15, 0.2) is 0 Å². The Morgan fingerprint density at radius 1 is 1.00 bits per heavy atom. The highest BCUT2D eigenvalue weighted by Crippen LogP contribution is 2.15. The van der Waals surface area contributed by atoms with Crippen LogP contribution < -0.4 is 16.4 Å². The van der Waals surface area contributed by atoms with Gasteiger partial charge in [-0.2, -0.15) is 0 Å². The Labute approximate surface area is 126 Å². The second-order valence-electron chi connectivity index (χ2n) is 4.45. The molecule has 4 N–H and O–H groups in total. The van der Waals surface area contributed by atoms with Crippen LogP contribution in [-0.2, 0) is 4.79 Å². The average molecular weight is 299 g/mol. The Bertz CT molecular complexity index is 729. The van der Waals surface area contributed by atoms with Gasteiger partial charge in [0.25, 0.3) is 0 Å². The lowest BCUT2D eigenvalue weighted by Crippen LogP contribution is -2.19. The van der Waals surface area contributed by atoms with Gasteiger partial charge in [-0.1, -0.05) is 18.2 Å². The third kappa shape index (κ3) is 4.75. The largest absolute Gasteiger partial charge is 0.351 e. The second kappa shape index (κ2) is 7.03. The fourth-order valence-corrected chi connectivity index (χ4v) is 1.78. The van der Waals surface area contributed by atoms with Crippen LogP contribution in [0.5, 0.6) is 0 Å². The first-order valence-electron chi connectivity index (χ1n) is 6.44. The Hall–Kier alpha value is -3.15. The topological polar surface area (TPSA) is 84.2 Å². The van der Waals surface area contributed by atoms with Crippen LogP contribution in [0.25, 0.3) is 6.08 Å². The van der Waals surface area contributed by atoms with Crippen LogP contribution in [0.1, 0.15) is 5.56 Å². The van der Waals surface area contributed by atoms with Crippen molar-refractivity contribution in [3.05, 3.63) is 66.0 Å². The number of benzene rings is 2. The van der Waals surface area contributed by atoms with Crippen molar-refractivity contribution in [2.45, 2.75) is 0 Å². The maximum absolute atomic E-state index is 13.0. The molecule has 2 aromatic rings. The molecule has 0 aliphatic rings. The highest BCUT2D eigenvalue weighted by molar-refractivity contribution is 6.02. The van der Waals surface area contributed by atoms with Crippen LogP contribution in [0.3, 0.4) is 0 Å². The number of halogens is 1. The van der Waals surface area contributed by atoms with Crippen LogP contribution in [-0.4, -0.2) is 11.9 Å². The summed E-state index contributed by atoms with van der Waals surface area (Å²) in [5.41, 5.74) is 6.58. The van der Waals surface area contributed by atoms with Gasteiger partial charge >= 0.3 is 6.03 Å². The summed E-state index contributed by atoms with van der Waals surface area (Å²) in [5, 5.41) is 5.04. The monoisotopic (exact) mass is 299 g/mol. The van der Waals surface area contributed by atoms with E-state index in [1.165, 1.54) is 24.3 Å². The predicted molar refractivity (Wildman–Crippen MR) is 83.7 cm³/mol. The summed E-state index contributed by atoms with van der Waals surface area (Å²) >= 11 is 0. The number of hydrogen-bond donors (Lipinski definition) is 3. The number of nitrogens with one attached hydrogen (secondary N) is 2. The van der Waals surface area contributed by atoms with Crippen LogP contribution in [0, 0.1) is 5.82 Å². The zero-order chi connectivity index (χ0) is 15.9. The molecule has 112 valence electrons. The van der Waals surface area contributed by atoms with Gasteiger partial charge in [0.05, 0.1) is 0 Å². The lowest BCUT2D eigenvalue weighted by Gasteiger charge is -2.05. The quantitative estimate of drug-likeness (QED) is 0.758. The molecule has 0 aliphatic heterocycles. The van der Waals surface area contributed by atoms with Gasteiger partial charge in [-0.25, -0.2) is 9.18 Å². The van der Waals surface area contributed by atoms with E-state index in [2.05, 4.69) is 10.6 Å². The summed E-state index contributed by atoms with van der Waals surface area (Å²) in [6.07, 6.45) is 2.80. The van der Waals surface area contributed by atoms with Gasteiger partial charge in [0.2, 0.25) is 5.91 Å². The molecule has 2 aromatic carbocycles. The van der Waals surface area contributed by atoms with Crippen molar-refractivity contribution in [1.29, 1.82) is 0 Å². The van der Waals surface area contributed by atoms with Gasteiger partial charge in [-0.3, -0.25) is 4.79 Å². The first-order chi connectivity index (χ1) is 10.5. The van der Waals surface area contributed by atoms with Crippen molar-refractivity contribution < 1.29 is 14.0 Å².